The van der Waals surface area contributed by atoms with E-state index in [4.69, 9.17) is 16.3 Å². The molecular weight excluding hydrogens is 337 g/mol. The van der Waals surface area contributed by atoms with Crippen molar-refractivity contribution in [2.75, 3.05) is 11.9 Å². The second kappa shape index (κ2) is 6.55. The number of hydrogen-bond acceptors (Lipinski definition) is 4. The molecule has 1 saturated heterocycles. The molecule has 1 aliphatic rings. The summed E-state index contributed by atoms with van der Waals surface area (Å²) >= 11 is 5.78. The number of aromatic nitrogens is 1. The van der Waals surface area contributed by atoms with Gasteiger partial charge in [0.1, 0.15) is 28.3 Å². The van der Waals surface area contributed by atoms with E-state index in [1.165, 1.54) is 6.92 Å². The molecule has 6 nitrogen and oxygen atoms in total. The van der Waals surface area contributed by atoms with Crippen LogP contribution in [0.3, 0.4) is 0 Å². The van der Waals surface area contributed by atoms with Gasteiger partial charge in [-0.3, -0.25) is 9.69 Å². The molecule has 1 N–H and O–H groups in total. The molecule has 0 spiro atoms. The van der Waals surface area contributed by atoms with Gasteiger partial charge in [0.05, 0.1) is 6.54 Å². The molecule has 1 aliphatic heterocycles. The first-order valence-corrected chi connectivity index (χ1v) is 7.97. The summed E-state index contributed by atoms with van der Waals surface area (Å²) in [7, 11) is 0. The van der Waals surface area contributed by atoms with Gasteiger partial charge in [-0.25, -0.2) is 14.2 Å². The Labute approximate surface area is 145 Å². The van der Waals surface area contributed by atoms with Crippen LogP contribution in [0.2, 0.25) is 5.15 Å². The summed E-state index contributed by atoms with van der Waals surface area (Å²) in [6.45, 7) is 6.28. The van der Waals surface area contributed by atoms with Crippen molar-refractivity contribution in [1.29, 1.82) is 0 Å². The molecular formula is C16H21ClFN3O3. The summed E-state index contributed by atoms with van der Waals surface area (Å²) in [5.74, 6) is -0.291. The highest BCUT2D eigenvalue weighted by Gasteiger charge is 2.48. The lowest BCUT2D eigenvalue weighted by atomic mass is 10.0. The Morgan fingerprint density at radius 1 is 1.46 bits per heavy atom. The second-order valence-corrected chi connectivity index (χ2v) is 7.46. The zero-order valence-electron chi connectivity index (χ0n) is 14.1. The fourth-order valence-corrected chi connectivity index (χ4v) is 2.64. The Balaban J connectivity index is 2.15. The topological polar surface area (TPSA) is 71.5 Å². The summed E-state index contributed by atoms with van der Waals surface area (Å²) in [6, 6.07) is 3.78. The quantitative estimate of drug-likeness (QED) is 0.823. The van der Waals surface area contributed by atoms with Crippen molar-refractivity contribution >= 4 is 29.4 Å². The number of nitrogens with one attached hydrogen (secondary N) is 1. The summed E-state index contributed by atoms with van der Waals surface area (Å²) in [4.78, 5) is 29.8. The maximum atomic E-state index is 14.4. The standard InChI is InChI=1S/C16H21ClFN3O3/c1-15(2,3)24-14(23)21-9-16(4,18)8-10(21)13(22)20-12-7-5-6-11(17)19-12/h5-7,10H,8-9H2,1-4H3,(H,19,20,22)/t10-,16-/m1/s1. The van der Waals surface area contributed by atoms with E-state index in [1.54, 1.807) is 39.0 Å². The van der Waals surface area contributed by atoms with Gasteiger partial charge in [-0.2, -0.15) is 0 Å². The molecule has 132 valence electrons. The highest BCUT2D eigenvalue weighted by atomic mass is 35.5. The number of rotatable bonds is 2. The van der Waals surface area contributed by atoms with Crippen molar-refractivity contribution in [2.24, 2.45) is 0 Å². The lowest BCUT2D eigenvalue weighted by Gasteiger charge is -2.27. The van der Waals surface area contributed by atoms with Crippen molar-refractivity contribution in [3.63, 3.8) is 0 Å². The van der Waals surface area contributed by atoms with E-state index in [0.717, 1.165) is 4.90 Å². The second-order valence-electron chi connectivity index (χ2n) is 7.08. The van der Waals surface area contributed by atoms with Gasteiger partial charge in [-0.05, 0) is 39.8 Å². The summed E-state index contributed by atoms with van der Waals surface area (Å²) in [5.41, 5.74) is -2.40. The fourth-order valence-electron chi connectivity index (χ4n) is 2.48. The van der Waals surface area contributed by atoms with Crippen LogP contribution in [0.15, 0.2) is 18.2 Å². The van der Waals surface area contributed by atoms with Crippen LogP contribution in [-0.2, 0) is 9.53 Å². The third-order valence-corrected chi connectivity index (χ3v) is 3.60. The predicted octanol–water partition coefficient (Wildman–Crippen LogP) is 3.41. The molecule has 0 saturated carbocycles. The van der Waals surface area contributed by atoms with Gasteiger partial charge in [0.2, 0.25) is 5.91 Å². The lowest BCUT2D eigenvalue weighted by Crippen LogP contribution is -2.45. The maximum absolute atomic E-state index is 14.4. The fraction of sp³-hybridized carbons (Fsp3) is 0.562. The Morgan fingerprint density at radius 2 is 2.12 bits per heavy atom. The van der Waals surface area contributed by atoms with Crippen LogP contribution in [0.4, 0.5) is 15.0 Å². The number of carbonyl (C=O) groups excluding carboxylic acids is 2. The summed E-state index contributed by atoms with van der Waals surface area (Å²) in [5, 5.41) is 2.78. The van der Waals surface area contributed by atoms with E-state index in [9.17, 15) is 14.0 Å². The van der Waals surface area contributed by atoms with Gasteiger partial charge in [0.15, 0.2) is 0 Å². The molecule has 2 atom stereocenters. The van der Waals surface area contributed by atoms with Gasteiger partial charge >= 0.3 is 6.09 Å². The third kappa shape index (κ3) is 4.80. The van der Waals surface area contributed by atoms with Gasteiger partial charge in [-0.1, -0.05) is 17.7 Å². The van der Waals surface area contributed by atoms with Crippen molar-refractivity contribution in [3.8, 4) is 0 Å². The normalized spacial score (nSPS) is 23.9. The van der Waals surface area contributed by atoms with Crippen molar-refractivity contribution < 1.29 is 18.7 Å². The van der Waals surface area contributed by atoms with Crippen molar-refractivity contribution in [2.45, 2.75) is 51.4 Å². The van der Waals surface area contributed by atoms with E-state index in [-0.39, 0.29) is 23.9 Å². The number of carbonyl (C=O) groups is 2. The Kier molecular flexibility index (Phi) is 5.03. The first kappa shape index (κ1) is 18.4. The number of pyridine rings is 1. The molecule has 0 bridgehead atoms. The van der Waals surface area contributed by atoms with Crippen LogP contribution in [0.25, 0.3) is 0 Å². The van der Waals surface area contributed by atoms with Crippen LogP contribution in [0.5, 0.6) is 0 Å². The number of halogens is 2. The number of hydrogen-bond donors (Lipinski definition) is 1. The van der Waals surface area contributed by atoms with Crippen LogP contribution in [0.1, 0.15) is 34.1 Å². The molecule has 1 fully saturated rings. The first-order valence-electron chi connectivity index (χ1n) is 7.59. The van der Waals surface area contributed by atoms with E-state index < -0.39 is 29.3 Å². The Bertz CT molecular complexity index is 646. The molecule has 0 aliphatic carbocycles. The number of amides is 2. The third-order valence-electron chi connectivity index (χ3n) is 3.39. The van der Waals surface area contributed by atoms with Crippen LogP contribution >= 0.6 is 11.6 Å². The number of nitrogens with zero attached hydrogens (tertiary/aromatic N) is 2. The van der Waals surface area contributed by atoms with Crippen molar-refractivity contribution in [3.05, 3.63) is 23.4 Å². The van der Waals surface area contributed by atoms with E-state index in [2.05, 4.69) is 10.3 Å². The minimum Gasteiger partial charge on any atom is -0.444 e. The lowest BCUT2D eigenvalue weighted by molar-refractivity contribution is -0.120. The van der Waals surface area contributed by atoms with Crippen LogP contribution in [0, 0.1) is 0 Å². The van der Waals surface area contributed by atoms with Gasteiger partial charge < -0.3 is 10.1 Å². The predicted molar refractivity (Wildman–Crippen MR) is 88.7 cm³/mol. The van der Waals surface area contributed by atoms with Gasteiger partial charge in [0, 0.05) is 6.42 Å². The highest BCUT2D eigenvalue weighted by Crippen LogP contribution is 2.32. The monoisotopic (exact) mass is 357 g/mol. The molecule has 24 heavy (non-hydrogen) atoms. The zero-order chi connectivity index (χ0) is 18.1. The number of ether oxygens (including phenoxy) is 1. The minimum absolute atomic E-state index is 0.112. The molecule has 2 amide bonds. The van der Waals surface area contributed by atoms with Crippen LogP contribution < -0.4 is 5.32 Å². The SMILES string of the molecule is CC(C)(C)OC(=O)N1C[C@](C)(F)C[C@@H]1C(=O)Nc1cccc(Cl)n1. The number of alkyl halides is 1. The molecule has 1 aromatic heterocycles. The van der Waals surface area contributed by atoms with Crippen LogP contribution in [-0.4, -0.2) is 45.7 Å². The number of likely N-dealkylation sites (tertiary alicyclic amines) is 1. The molecule has 2 rings (SSSR count). The molecule has 0 unspecified atom stereocenters. The van der Waals surface area contributed by atoms with Gasteiger partial charge in [-0.15, -0.1) is 0 Å². The zero-order valence-corrected chi connectivity index (χ0v) is 14.9. The maximum Gasteiger partial charge on any atom is 0.411 e. The number of anilines is 1. The molecule has 2 heterocycles. The Hall–Kier alpha value is -1.89. The first-order chi connectivity index (χ1) is 11.0. The summed E-state index contributed by atoms with van der Waals surface area (Å²) in [6.07, 6.45) is -0.832. The molecule has 0 aromatic carbocycles. The molecule has 8 heteroatoms. The van der Waals surface area contributed by atoms with E-state index in [0.29, 0.717) is 0 Å². The molecule has 1 aromatic rings. The highest BCUT2D eigenvalue weighted by molar-refractivity contribution is 6.29. The Morgan fingerprint density at radius 3 is 2.71 bits per heavy atom. The van der Waals surface area contributed by atoms with Crippen molar-refractivity contribution in [1.82, 2.24) is 9.88 Å². The average molecular weight is 358 g/mol. The summed E-state index contributed by atoms with van der Waals surface area (Å²) < 4.78 is 19.7. The average Bonchev–Trinajstić information content (AvgIpc) is 2.73. The van der Waals surface area contributed by atoms with Gasteiger partial charge in [0.25, 0.3) is 0 Å². The largest absolute Gasteiger partial charge is 0.444 e. The van der Waals surface area contributed by atoms with E-state index >= 15 is 0 Å². The smallest absolute Gasteiger partial charge is 0.411 e. The van der Waals surface area contributed by atoms with E-state index in [1.807, 2.05) is 0 Å². The minimum atomic E-state index is -1.67. The molecule has 0 radical (unpaired) electrons.